The van der Waals surface area contributed by atoms with Gasteiger partial charge in [0.2, 0.25) is 0 Å². The maximum Gasteiger partial charge on any atom is 0.124 e. The van der Waals surface area contributed by atoms with Crippen LogP contribution in [0.4, 0.5) is 10.1 Å². The second-order valence-corrected chi connectivity index (χ2v) is 15.5. The van der Waals surface area contributed by atoms with Gasteiger partial charge in [0.1, 0.15) is 18.0 Å². The van der Waals surface area contributed by atoms with E-state index in [0.717, 1.165) is 44.5 Å². The number of piperidine rings is 1. The van der Waals surface area contributed by atoms with Gasteiger partial charge in [0.05, 0.1) is 29.9 Å². The molecule has 1 fully saturated rings. The Kier molecular flexibility index (Phi) is 17.5. The summed E-state index contributed by atoms with van der Waals surface area (Å²) < 4.78 is 26.5. The van der Waals surface area contributed by atoms with Crippen molar-refractivity contribution in [2.24, 2.45) is 0 Å². The number of nitrogens with zero attached hydrogens (tertiary/aromatic N) is 4. The zero-order chi connectivity index (χ0) is 40.4. The number of alkyl halides is 1. The maximum absolute atomic E-state index is 13.9. The van der Waals surface area contributed by atoms with Gasteiger partial charge in [-0.15, -0.1) is 12.6 Å². The molecular formula is C48H54ClFN4O2Y-2. The van der Waals surface area contributed by atoms with Gasteiger partial charge < -0.3 is 20.8 Å². The van der Waals surface area contributed by atoms with Crippen molar-refractivity contribution in [2.45, 2.75) is 91.1 Å². The van der Waals surface area contributed by atoms with Gasteiger partial charge in [-0.1, -0.05) is 53.9 Å². The molecule has 1 aliphatic heterocycles. The molecule has 6 nitrogen and oxygen atoms in total. The van der Waals surface area contributed by atoms with Crippen LogP contribution in [0.5, 0.6) is 11.5 Å². The largest absolute Gasteiger partial charge is 0.546 e. The summed E-state index contributed by atoms with van der Waals surface area (Å²) in [5.41, 5.74) is 10.7. The third-order valence-electron chi connectivity index (χ3n) is 10.8. The molecule has 297 valence electrons. The van der Waals surface area contributed by atoms with E-state index in [4.69, 9.17) is 21.1 Å². The molecule has 2 unspecified atom stereocenters. The molecule has 1 saturated heterocycles. The molecule has 0 amide bonds. The number of hydrogen-bond acceptors (Lipinski definition) is 6. The molecule has 6 rings (SSSR count). The summed E-state index contributed by atoms with van der Waals surface area (Å²) >= 11 is 6.67. The van der Waals surface area contributed by atoms with Gasteiger partial charge in [0, 0.05) is 81.9 Å². The van der Waals surface area contributed by atoms with Crippen LogP contribution < -0.4 is 14.4 Å². The second-order valence-electron chi connectivity index (χ2n) is 15.1. The summed E-state index contributed by atoms with van der Waals surface area (Å²) in [6.07, 6.45) is 6.57. The van der Waals surface area contributed by atoms with Crippen LogP contribution in [0, 0.1) is 42.9 Å². The quantitative estimate of drug-likeness (QED) is 0.0985. The zero-order valence-corrected chi connectivity index (χ0v) is 37.7. The fourth-order valence-corrected chi connectivity index (χ4v) is 7.86. The van der Waals surface area contributed by atoms with E-state index in [1.807, 2.05) is 0 Å². The van der Waals surface area contributed by atoms with E-state index in [2.05, 4.69) is 113 Å². The first-order valence-electron chi connectivity index (χ1n) is 19.5. The third kappa shape index (κ3) is 12.1. The Balaban J connectivity index is 0.000000824. The monoisotopic (exact) mass is 861 g/mol. The minimum absolute atomic E-state index is 0. The summed E-state index contributed by atoms with van der Waals surface area (Å²) in [6, 6.07) is 25.9. The van der Waals surface area contributed by atoms with Crippen molar-refractivity contribution in [3.63, 3.8) is 0 Å². The Labute approximate surface area is 370 Å². The van der Waals surface area contributed by atoms with Crippen molar-refractivity contribution >= 4 is 17.3 Å². The number of allylic oxidation sites excluding steroid dienone is 1. The van der Waals surface area contributed by atoms with Crippen LogP contribution in [-0.4, -0.2) is 43.8 Å². The standard InChI is InChI=1S/C41H41ClFN4O2.C7H13.Y/c1-26-17-37(42)41(22-40(26)48-25-31-20-29(23-44)19-30(21-31)24-45)49-39-12-11-35-34(8-5-9-36(35)39)33-7-6-10-38(28(33)3)46(4)15-16-47-14-13-32(43)18-27(47)2;1-4-5-6-7(2)3;/h5-10,17,19-22,27,32,39H,1,11-16,18,25H2,2-4H3;4H,2,5-6H2,1,3H3;/q2*-1;/t27?,32?,39-;;/m0../s1. The topological polar surface area (TPSA) is 72.5 Å². The van der Waals surface area contributed by atoms with Crippen LogP contribution >= 0.6 is 11.6 Å². The van der Waals surface area contributed by atoms with Gasteiger partial charge in [-0.3, -0.25) is 4.90 Å². The zero-order valence-electron chi connectivity index (χ0n) is 34.1. The molecule has 9 heteroatoms. The Hall–Kier alpha value is -3.85. The minimum Gasteiger partial charge on any atom is -0.546 e. The number of ether oxygens (including phenoxy) is 2. The van der Waals surface area contributed by atoms with Crippen LogP contribution in [0.15, 0.2) is 78.9 Å². The summed E-state index contributed by atoms with van der Waals surface area (Å²) in [5, 5.41) is 19.1. The molecule has 0 saturated carbocycles. The SMILES string of the molecule is C=C(C)CC[CH-]C.[CH2-]c1cc(Cl)c(O[C@H]2CCc3c(-c4cccc(N(C)CCN5CCC(F)CC5C)c4C)cccc32)cc1OCc1cc(C#N)cc(C#N)c1.[Y]. The third-order valence-corrected chi connectivity index (χ3v) is 11.1. The number of likely N-dealkylation sites (N-methyl/N-ethyl adjacent to an activating group) is 1. The Morgan fingerprint density at radius 2 is 1.75 bits per heavy atom. The van der Waals surface area contributed by atoms with Crippen LogP contribution in [0.1, 0.15) is 97.9 Å². The number of nitriles is 2. The van der Waals surface area contributed by atoms with E-state index in [-0.39, 0.29) is 51.5 Å². The molecule has 1 aliphatic carbocycles. The van der Waals surface area contributed by atoms with Gasteiger partial charge in [0.25, 0.3) is 0 Å². The van der Waals surface area contributed by atoms with Crippen LogP contribution in [0.3, 0.4) is 0 Å². The molecule has 0 spiro atoms. The van der Waals surface area contributed by atoms with E-state index in [1.54, 1.807) is 30.3 Å². The van der Waals surface area contributed by atoms with Crippen LogP contribution in [0.25, 0.3) is 11.1 Å². The van der Waals surface area contributed by atoms with Gasteiger partial charge >= 0.3 is 0 Å². The maximum atomic E-state index is 13.9. The molecule has 57 heavy (non-hydrogen) atoms. The van der Waals surface area contributed by atoms with E-state index in [9.17, 15) is 14.9 Å². The molecule has 2 aliphatic rings. The summed E-state index contributed by atoms with van der Waals surface area (Å²) in [5.74, 6) is 1.03. The molecule has 0 aromatic heterocycles. The van der Waals surface area contributed by atoms with E-state index in [1.165, 1.54) is 39.9 Å². The first-order valence-corrected chi connectivity index (χ1v) is 19.9. The van der Waals surface area contributed by atoms with E-state index >= 15 is 0 Å². The molecule has 1 heterocycles. The molecule has 3 atom stereocenters. The fraction of sp³-hybridized carbons (Fsp3) is 0.375. The second kappa shape index (κ2) is 21.8. The minimum atomic E-state index is -0.677. The molecule has 4 aromatic rings. The van der Waals surface area contributed by atoms with Gasteiger partial charge in [0.15, 0.2) is 0 Å². The van der Waals surface area contributed by atoms with Gasteiger partial charge in [-0.05, 0) is 110 Å². The van der Waals surface area contributed by atoms with Gasteiger partial charge in [-0.2, -0.15) is 36.4 Å². The fourth-order valence-electron chi connectivity index (χ4n) is 7.62. The number of fused-ring (bicyclic) bond motifs is 1. The predicted molar refractivity (Wildman–Crippen MR) is 227 cm³/mol. The van der Waals surface area contributed by atoms with Crippen molar-refractivity contribution < 1.29 is 46.6 Å². The first-order chi connectivity index (χ1) is 26.9. The Bertz CT molecular complexity index is 2060. The number of likely N-dealkylation sites (tertiary alicyclic amines) is 1. The number of anilines is 1. The molecule has 0 N–H and O–H groups in total. The number of unbranched alkanes of at least 4 members (excludes halogenated alkanes) is 1. The normalized spacial score (nSPS) is 17.2. The number of rotatable bonds is 13. The number of halogens is 2. The number of hydrogen-bond donors (Lipinski definition) is 0. The average molecular weight is 862 g/mol. The van der Waals surface area contributed by atoms with Crippen molar-refractivity contribution in [3.05, 3.63) is 136 Å². The van der Waals surface area contributed by atoms with E-state index in [0.29, 0.717) is 51.6 Å². The van der Waals surface area contributed by atoms with Crippen molar-refractivity contribution in [3.8, 4) is 34.8 Å². The number of benzene rings is 4. The van der Waals surface area contributed by atoms with Gasteiger partial charge in [-0.25, -0.2) is 4.39 Å². The van der Waals surface area contributed by atoms with Crippen LogP contribution in [-0.2, 0) is 45.7 Å². The summed E-state index contributed by atoms with van der Waals surface area (Å²) in [4.78, 5) is 4.72. The van der Waals surface area contributed by atoms with Crippen molar-refractivity contribution in [1.82, 2.24) is 4.90 Å². The first kappa shape index (κ1) is 45.9. The summed E-state index contributed by atoms with van der Waals surface area (Å²) in [7, 11) is 2.14. The molecule has 1 radical (unpaired) electrons. The van der Waals surface area contributed by atoms with Crippen LogP contribution in [0.2, 0.25) is 5.02 Å². The summed E-state index contributed by atoms with van der Waals surface area (Å²) in [6.45, 7) is 19.1. The molecule has 0 bridgehead atoms. The van der Waals surface area contributed by atoms with Crippen molar-refractivity contribution in [2.75, 3.05) is 31.6 Å². The Morgan fingerprint density at radius 1 is 1.05 bits per heavy atom. The average Bonchev–Trinajstić information content (AvgIpc) is 3.60. The predicted octanol–water partition coefficient (Wildman–Crippen LogP) is 11.7. The Morgan fingerprint density at radius 3 is 2.40 bits per heavy atom. The molecular weight excluding hydrogens is 808 g/mol. The van der Waals surface area contributed by atoms with Crippen molar-refractivity contribution in [1.29, 1.82) is 10.5 Å². The molecule has 4 aromatic carbocycles. The smallest absolute Gasteiger partial charge is 0.124 e. The van der Waals surface area contributed by atoms with E-state index < -0.39 is 6.17 Å².